The number of aliphatic hydroxyl groups is 3. The van der Waals surface area contributed by atoms with Gasteiger partial charge >= 0.3 is 0 Å². The lowest BCUT2D eigenvalue weighted by Gasteiger charge is -2.23. The second-order valence-electron chi connectivity index (χ2n) is 11.4. The quantitative estimate of drug-likeness (QED) is 0.0742. The largest absolute Gasteiger partial charge is 0.394 e. The van der Waals surface area contributed by atoms with Gasteiger partial charge in [0, 0.05) is 0 Å². The molecule has 0 radical (unpaired) electrons. The number of amides is 1. The van der Waals surface area contributed by atoms with Gasteiger partial charge in [0.2, 0.25) is 5.91 Å². The van der Waals surface area contributed by atoms with E-state index in [1.165, 1.54) is 116 Å². The molecule has 0 aromatic heterocycles. The van der Waals surface area contributed by atoms with Crippen molar-refractivity contribution < 1.29 is 20.1 Å². The molecular formula is C32H65NO4. The fraction of sp³-hybridized carbons (Fsp3) is 0.969. The van der Waals surface area contributed by atoms with E-state index in [9.17, 15) is 20.1 Å². The second kappa shape index (κ2) is 28.4. The van der Waals surface area contributed by atoms with Gasteiger partial charge in [-0.3, -0.25) is 4.79 Å². The van der Waals surface area contributed by atoms with Crippen LogP contribution in [-0.2, 0) is 4.79 Å². The number of nitrogens with one attached hydrogen (secondary N) is 1. The highest BCUT2D eigenvalue weighted by atomic mass is 16.3. The Morgan fingerprint density at radius 3 is 1.22 bits per heavy atom. The van der Waals surface area contributed by atoms with Gasteiger partial charge in [0.1, 0.15) is 6.10 Å². The van der Waals surface area contributed by atoms with Gasteiger partial charge in [-0.15, -0.1) is 0 Å². The second-order valence-corrected chi connectivity index (χ2v) is 11.4. The SMILES string of the molecule is CCCCCCCCCCCCCCC(O)C(=O)N[C@@H](CO)[C@H](O)CCCCCCCCCCCCC. The van der Waals surface area contributed by atoms with E-state index in [-0.39, 0.29) is 6.61 Å². The fourth-order valence-corrected chi connectivity index (χ4v) is 5.07. The van der Waals surface area contributed by atoms with Crippen molar-refractivity contribution in [1.29, 1.82) is 0 Å². The van der Waals surface area contributed by atoms with Crippen LogP contribution in [0.3, 0.4) is 0 Å². The number of carbonyl (C=O) groups excluding carboxylic acids is 1. The van der Waals surface area contributed by atoms with Gasteiger partial charge in [-0.1, -0.05) is 162 Å². The molecule has 0 aliphatic heterocycles. The van der Waals surface area contributed by atoms with E-state index in [2.05, 4.69) is 19.2 Å². The summed E-state index contributed by atoms with van der Waals surface area (Å²) >= 11 is 0. The standard InChI is InChI=1S/C32H65NO4/c1-3-5-7-9-11-13-15-17-19-21-23-25-27-31(36)32(37)33-29(28-34)30(35)26-24-22-20-18-16-14-12-10-8-6-4-2/h29-31,34-36H,3-28H2,1-2H3,(H,33,37)/t29-,30+,31?/m0/s1. The normalized spacial score (nSPS) is 14.0. The molecule has 3 atom stereocenters. The Hall–Kier alpha value is -0.650. The number of unbranched alkanes of at least 4 members (excludes halogenated alkanes) is 21. The highest BCUT2D eigenvalue weighted by Crippen LogP contribution is 2.15. The monoisotopic (exact) mass is 527 g/mol. The first kappa shape index (κ1) is 36.4. The minimum Gasteiger partial charge on any atom is -0.394 e. The maximum Gasteiger partial charge on any atom is 0.249 e. The molecule has 1 amide bonds. The lowest BCUT2D eigenvalue weighted by Crippen LogP contribution is -2.49. The zero-order chi connectivity index (χ0) is 27.4. The van der Waals surface area contributed by atoms with Crippen LogP contribution in [0.1, 0.15) is 174 Å². The maximum absolute atomic E-state index is 12.3. The summed E-state index contributed by atoms with van der Waals surface area (Å²) < 4.78 is 0. The van der Waals surface area contributed by atoms with Crippen molar-refractivity contribution in [3.8, 4) is 0 Å². The maximum atomic E-state index is 12.3. The van der Waals surface area contributed by atoms with Crippen molar-refractivity contribution >= 4 is 5.91 Å². The highest BCUT2D eigenvalue weighted by Gasteiger charge is 2.23. The first-order chi connectivity index (χ1) is 18.1. The van der Waals surface area contributed by atoms with Gasteiger partial charge in [-0.2, -0.15) is 0 Å². The van der Waals surface area contributed by atoms with Crippen molar-refractivity contribution in [3.05, 3.63) is 0 Å². The summed E-state index contributed by atoms with van der Waals surface area (Å²) in [5.74, 6) is -0.472. The van der Waals surface area contributed by atoms with Gasteiger partial charge in [0.05, 0.1) is 18.8 Å². The molecule has 0 saturated carbocycles. The van der Waals surface area contributed by atoms with Crippen molar-refractivity contribution in [2.75, 3.05) is 6.61 Å². The van der Waals surface area contributed by atoms with Gasteiger partial charge in [0.15, 0.2) is 0 Å². The highest BCUT2D eigenvalue weighted by molar-refractivity contribution is 5.80. The molecule has 0 fully saturated rings. The van der Waals surface area contributed by atoms with Crippen LogP contribution >= 0.6 is 0 Å². The number of hydrogen-bond acceptors (Lipinski definition) is 4. The third-order valence-corrected chi connectivity index (χ3v) is 7.73. The van der Waals surface area contributed by atoms with E-state index >= 15 is 0 Å². The summed E-state index contributed by atoms with van der Waals surface area (Å²) in [4.78, 5) is 12.3. The predicted octanol–water partition coefficient (Wildman–Crippen LogP) is 7.98. The molecule has 5 nitrogen and oxygen atoms in total. The number of carbonyl (C=O) groups is 1. The molecule has 0 bridgehead atoms. The molecule has 37 heavy (non-hydrogen) atoms. The zero-order valence-electron chi connectivity index (χ0n) is 24.9. The first-order valence-corrected chi connectivity index (χ1v) is 16.3. The minimum absolute atomic E-state index is 0.309. The Morgan fingerprint density at radius 2 is 0.865 bits per heavy atom. The summed E-state index contributed by atoms with van der Waals surface area (Å²) in [5, 5.41) is 32.9. The smallest absolute Gasteiger partial charge is 0.249 e. The molecule has 5 heteroatoms. The average molecular weight is 528 g/mol. The minimum atomic E-state index is -1.06. The molecule has 0 aliphatic rings. The van der Waals surface area contributed by atoms with Crippen LogP contribution < -0.4 is 5.32 Å². The Bertz CT molecular complexity index is 474. The summed E-state index contributed by atoms with van der Waals surface area (Å²) in [6, 6.07) is -0.702. The Kier molecular flexibility index (Phi) is 27.9. The van der Waals surface area contributed by atoms with Crippen LogP contribution in [-0.4, -0.2) is 46.1 Å². The number of rotatable bonds is 29. The van der Waals surface area contributed by atoms with Gasteiger partial charge < -0.3 is 20.6 Å². The molecular weight excluding hydrogens is 462 g/mol. The molecule has 222 valence electrons. The van der Waals surface area contributed by atoms with Gasteiger partial charge in [0.25, 0.3) is 0 Å². The average Bonchev–Trinajstić information content (AvgIpc) is 2.90. The van der Waals surface area contributed by atoms with E-state index in [0.29, 0.717) is 12.8 Å². The van der Waals surface area contributed by atoms with Crippen LogP contribution in [0, 0.1) is 0 Å². The van der Waals surface area contributed by atoms with Crippen molar-refractivity contribution in [1.82, 2.24) is 5.32 Å². The van der Waals surface area contributed by atoms with Crippen LogP contribution in [0.4, 0.5) is 0 Å². The van der Waals surface area contributed by atoms with Crippen molar-refractivity contribution in [2.45, 2.75) is 193 Å². The molecule has 0 heterocycles. The van der Waals surface area contributed by atoms with E-state index in [0.717, 1.165) is 32.1 Å². The Morgan fingerprint density at radius 1 is 0.541 bits per heavy atom. The lowest BCUT2D eigenvalue weighted by atomic mass is 10.0. The molecule has 1 unspecified atom stereocenters. The van der Waals surface area contributed by atoms with Crippen LogP contribution in [0.25, 0.3) is 0 Å². The summed E-state index contributed by atoms with van der Waals surface area (Å²) in [7, 11) is 0. The number of aliphatic hydroxyl groups excluding tert-OH is 3. The fourth-order valence-electron chi connectivity index (χ4n) is 5.07. The predicted molar refractivity (Wildman–Crippen MR) is 158 cm³/mol. The molecule has 0 aromatic carbocycles. The third-order valence-electron chi connectivity index (χ3n) is 7.73. The number of hydrogen-bond donors (Lipinski definition) is 4. The lowest BCUT2D eigenvalue weighted by molar-refractivity contribution is -0.131. The van der Waals surface area contributed by atoms with Crippen molar-refractivity contribution in [2.24, 2.45) is 0 Å². The van der Waals surface area contributed by atoms with E-state index < -0.39 is 24.2 Å². The third kappa shape index (κ3) is 24.1. The van der Waals surface area contributed by atoms with Gasteiger partial charge in [-0.25, -0.2) is 0 Å². The van der Waals surface area contributed by atoms with Crippen LogP contribution in [0.15, 0.2) is 0 Å². The van der Waals surface area contributed by atoms with E-state index in [1.807, 2.05) is 0 Å². The van der Waals surface area contributed by atoms with Gasteiger partial charge in [-0.05, 0) is 12.8 Å². The van der Waals surface area contributed by atoms with E-state index in [1.54, 1.807) is 0 Å². The summed E-state index contributed by atoms with van der Waals surface area (Å²) in [6.45, 7) is 4.19. The summed E-state index contributed by atoms with van der Waals surface area (Å²) in [6.07, 6.45) is 27.9. The molecule has 4 N–H and O–H groups in total. The Labute approximate surface area is 230 Å². The van der Waals surface area contributed by atoms with Crippen LogP contribution in [0.5, 0.6) is 0 Å². The van der Waals surface area contributed by atoms with E-state index in [4.69, 9.17) is 0 Å². The molecule has 0 aliphatic carbocycles. The van der Waals surface area contributed by atoms with Crippen molar-refractivity contribution in [3.63, 3.8) is 0 Å². The molecule has 0 saturated heterocycles. The Balaban J connectivity index is 3.72. The topological polar surface area (TPSA) is 89.8 Å². The first-order valence-electron chi connectivity index (χ1n) is 16.3. The summed E-state index contributed by atoms with van der Waals surface area (Å²) in [5.41, 5.74) is 0. The molecule has 0 spiro atoms. The molecule has 0 aromatic rings. The molecule has 0 rings (SSSR count). The van der Waals surface area contributed by atoms with Crippen LogP contribution in [0.2, 0.25) is 0 Å². The zero-order valence-corrected chi connectivity index (χ0v) is 24.9.